The summed E-state index contributed by atoms with van der Waals surface area (Å²) in [6, 6.07) is -4.08. The van der Waals surface area contributed by atoms with Crippen molar-refractivity contribution in [1.29, 1.82) is 0 Å². The molecule has 1 saturated heterocycles. The summed E-state index contributed by atoms with van der Waals surface area (Å²) >= 11 is -2.53. The average molecular weight is 1020 g/mol. The van der Waals surface area contributed by atoms with E-state index < -0.39 is 188 Å². The van der Waals surface area contributed by atoms with Gasteiger partial charge in [0.25, 0.3) is 0 Å². The SMILES string of the molecule is CC[C@H](C)[C@@H]1NC(=O)CNC(=O)C2Cc3c(n(CCC(=O)O)c4cc(OC)ccc34)[S@+]([O-])CC(NC(=O)CNC1=O)C(=O)N[C@@H](CCC(N)=O)C(=O)N1C[C@H](O)C[C@]1(C=O)N[C@@H]([C@@H](C)[C@@H](O)CO)C(=O)N2. The summed E-state index contributed by atoms with van der Waals surface area (Å²) in [5, 5.41) is 59.7. The van der Waals surface area contributed by atoms with E-state index in [9.17, 15) is 68.4 Å². The molecule has 11 atom stereocenters. The van der Waals surface area contributed by atoms with Crippen molar-refractivity contribution in [3.8, 4) is 5.75 Å². The number of carboxylic acid groups (broad SMARTS) is 1. The van der Waals surface area contributed by atoms with Crippen molar-refractivity contribution in [3.63, 3.8) is 0 Å². The Balaban J connectivity index is 1.85. The van der Waals surface area contributed by atoms with Crippen LogP contribution >= 0.6 is 0 Å². The zero-order valence-corrected chi connectivity index (χ0v) is 40.4. The van der Waals surface area contributed by atoms with Gasteiger partial charge in [0.2, 0.25) is 52.3 Å². The number of carboxylic acids is 1. The van der Waals surface area contributed by atoms with Crippen LogP contribution in [0.25, 0.3) is 10.9 Å². The number of aliphatic carboxylic acids is 1. The molecule has 2 aromatic rings. The number of aromatic nitrogens is 1. The van der Waals surface area contributed by atoms with Crippen LogP contribution in [0.1, 0.15) is 58.4 Å². The van der Waals surface area contributed by atoms with Gasteiger partial charge in [-0.25, -0.2) is 0 Å². The van der Waals surface area contributed by atoms with Crippen molar-refractivity contribution in [1.82, 2.24) is 46.7 Å². The predicted octanol–water partition coefficient (Wildman–Crippen LogP) is -5.28. The largest absolute Gasteiger partial charge is 0.610 e. The highest BCUT2D eigenvalue weighted by atomic mass is 32.2. The van der Waals surface area contributed by atoms with Gasteiger partial charge in [-0.2, -0.15) is 0 Å². The number of aliphatic hydroxyl groups is 3. The lowest BCUT2D eigenvalue weighted by Gasteiger charge is -2.41. The Labute approximate surface area is 410 Å². The fourth-order valence-corrected chi connectivity index (χ4v) is 10.4. The number of primary amides is 1. The van der Waals surface area contributed by atoms with Gasteiger partial charge in [-0.1, -0.05) is 27.2 Å². The minimum atomic E-state index is -2.53. The highest BCUT2D eigenvalue weighted by Crippen LogP contribution is 2.35. The summed E-state index contributed by atoms with van der Waals surface area (Å²) in [5.74, 6) is -12.0. The van der Waals surface area contributed by atoms with Crippen molar-refractivity contribution >= 4 is 81.6 Å². The summed E-state index contributed by atoms with van der Waals surface area (Å²) in [7, 11) is 1.35. The Morgan fingerprint density at radius 3 is 2.25 bits per heavy atom. The molecule has 26 nitrogen and oxygen atoms in total. The minimum absolute atomic E-state index is 0.0354. The van der Waals surface area contributed by atoms with Crippen molar-refractivity contribution in [2.45, 2.75) is 119 Å². The van der Waals surface area contributed by atoms with E-state index in [0.717, 1.165) is 4.90 Å². The van der Waals surface area contributed by atoms with Crippen LogP contribution in [-0.2, 0) is 72.1 Å². The van der Waals surface area contributed by atoms with Crippen LogP contribution in [0.5, 0.6) is 5.75 Å². The molecule has 3 aliphatic heterocycles. The molecular formula is C44H62N10O16S. The van der Waals surface area contributed by atoms with Crippen LogP contribution in [-0.4, -0.2) is 181 Å². The Hall–Kier alpha value is -6.39. The molecule has 71 heavy (non-hydrogen) atoms. The number of carbonyl (C=O) groups is 10. The summed E-state index contributed by atoms with van der Waals surface area (Å²) < 4.78 is 22.0. The third-order valence-electron chi connectivity index (χ3n) is 12.9. The first kappa shape index (κ1) is 55.5. The molecule has 390 valence electrons. The molecule has 8 amide bonds. The maximum Gasteiger partial charge on any atom is 0.305 e. The Kier molecular flexibility index (Phi) is 18.9. The number of nitrogens with one attached hydrogen (secondary N) is 7. The summed E-state index contributed by atoms with van der Waals surface area (Å²) in [4.78, 5) is 138. The number of carbonyl (C=O) groups excluding carboxylic acids is 9. The maximum absolute atomic E-state index is 15.2. The molecule has 4 heterocycles. The number of nitrogens with zero attached hydrogens (tertiary/aromatic N) is 2. The first-order chi connectivity index (χ1) is 33.6. The number of amides is 8. The topological polar surface area (TPSA) is 402 Å². The van der Waals surface area contributed by atoms with E-state index in [0.29, 0.717) is 6.42 Å². The second kappa shape index (κ2) is 24.2. The number of benzene rings is 1. The van der Waals surface area contributed by atoms with Crippen LogP contribution in [0.2, 0.25) is 0 Å². The van der Waals surface area contributed by atoms with Gasteiger partial charge in [-0.05, 0) is 24.5 Å². The van der Waals surface area contributed by atoms with Gasteiger partial charge in [0.1, 0.15) is 29.6 Å². The normalized spacial score (nSPS) is 27.7. The molecule has 27 heteroatoms. The molecule has 0 saturated carbocycles. The Bertz CT molecular complexity index is 2390. The maximum atomic E-state index is 15.2. The predicted molar refractivity (Wildman–Crippen MR) is 248 cm³/mol. The molecule has 1 aromatic heterocycles. The molecule has 2 bridgehead atoms. The Morgan fingerprint density at radius 1 is 0.958 bits per heavy atom. The third-order valence-corrected chi connectivity index (χ3v) is 14.5. The van der Waals surface area contributed by atoms with Gasteiger partial charge < -0.3 is 76.8 Å². The monoisotopic (exact) mass is 1020 g/mol. The molecule has 13 N–H and O–H groups in total. The number of aryl methyl sites for hydroxylation is 1. The van der Waals surface area contributed by atoms with Crippen molar-refractivity contribution < 1.29 is 77.7 Å². The number of aliphatic hydroxyl groups excluding tert-OH is 3. The number of methoxy groups -OCH3 is 1. The molecule has 1 fully saturated rings. The number of ether oxygens (including phenoxy) is 1. The minimum Gasteiger partial charge on any atom is -0.610 e. The van der Waals surface area contributed by atoms with E-state index in [2.05, 4.69) is 37.2 Å². The second-order valence-electron chi connectivity index (χ2n) is 17.9. The highest BCUT2D eigenvalue weighted by Gasteiger charge is 2.53. The molecule has 3 aliphatic rings. The van der Waals surface area contributed by atoms with Crippen molar-refractivity contribution in [2.24, 2.45) is 17.6 Å². The van der Waals surface area contributed by atoms with E-state index in [1.807, 2.05) is 0 Å². The summed E-state index contributed by atoms with van der Waals surface area (Å²) in [6.07, 6.45) is -5.50. The van der Waals surface area contributed by atoms with Gasteiger partial charge in [0.15, 0.2) is 18.0 Å². The first-order valence-electron chi connectivity index (χ1n) is 22.9. The van der Waals surface area contributed by atoms with Gasteiger partial charge >= 0.3 is 5.97 Å². The van der Waals surface area contributed by atoms with Gasteiger partial charge in [0.05, 0.1) is 57.0 Å². The van der Waals surface area contributed by atoms with Gasteiger partial charge in [-0.3, -0.25) is 53.3 Å². The van der Waals surface area contributed by atoms with Gasteiger partial charge in [-0.15, -0.1) is 0 Å². The third kappa shape index (κ3) is 13.1. The molecule has 5 rings (SSSR count). The van der Waals surface area contributed by atoms with Crippen molar-refractivity contribution in [3.05, 3.63) is 23.8 Å². The number of aldehydes is 1. The van der Waals surface area contributed by atoms with Crippen LogP contribution in [0, 0.1) is 11.8 Å². The van der Waals surface area contributed by atoms with Crippen LogP contribution in [0.4, 0.5) is 0 Å². The van der Waals surface area contributed by atoms with Crippen LogP contribution < -0.4 is 47.7 Å². The number of hydrogen-bond acceptors (Lipinski definition) is 16. The molecule has 2 unspecified atom stereocenters. The molecule has 1 aromatic carbocycles. The lowest BCUT2D eigenvalue weighted by atomic mass is 9.92. The molecule has 0 spiro atoms. The summed E-state index contributed by atoms with van der Waals surface area (Å²) in [5.41, 5.74) is 3.38. The second-order valence-corrected chi connectivity index (χ2v) is 19.3. The van der Waals surface area contributed by atoms with Crippen LogP contribution in [0.3, 0.4) is 0 Å². The van der Waals surface area contributed by atoms with Crippen molar-refractivity contribution in [2.75, 3.05) is 39.1 Å². The fourth-order valence-electron chi connectivity index (χ4n) is 8.79. The van der Waals surface area contributed by atoms with Gasteiger partial charge in [0, 0.05) is 66.5 Å². The highest BCUT2D eigenvalue weighted by molar-refractivity contribution is 7.91. The van der Waals surface area contributed by atoms with E-state index >= 15 is 4.55 Å². The number of hydrogen-bond donors (Lipinski definition) is 12. The van der Waals surface area contributed by atoms with E-state index in [-0.39, 0.29) is 40.1 Å². The van der Waals surface area contributed by atoms with E-state index in [4.69, 9.17) is 10.5 Å². The zero-order chi connectivity index (χ0) is 52.5. The Morgan fingerprint density at radius 2 is 1.63 bits per heavy atom. The standard InChI is InChI=1S/C44H62N10O16S/c1-5-21(2)36-40(66)47-15-33(60)48-29-19-71(69)43-26(25-7-6-24(70-4)12-30(25)53(43)11-10-35(62)63)13-28(38(64)46-16-34(61)51-36)50-41(67)37(22(3)31(58)18-55)52-44(20-56)14-23(57)17-54(44)42(68)27(49-39(29)65)8-9-32(45)59/h6-7,12,20-23,27-29,31,36-37,52,55,57-58H,5,8-11,13-19H2,1-4H3,(H2,45,59)(H,46,64)(H,47,66)(H,48,60)(H,49,65)(H,50,67)(H,51,61)(H,62,63)/t21-,22-,23+,27-,28?,29?,31-,36-,37-,44-,71+/m0/s1. The number of fused-ring (bicyclic) bond motifs is 5. The summed E-state index contributed by atoms with van der Waals surface area (Å²) in [6.45, 7) is 1.13. The lowest BCUT2D eigenvalue weighted by Crippen LogP contribution is -2.68. The quantitative estimate of drug-likeness (QED) is 0.0659. The number of rotatable bonds is 13. The van der Waals surface area contributed by atoms with E-state index in [1.165, 1.54) is 36.8 Å². The first-order valence-corrected chi connectivity index (χ1v) is 24.2. The molecule has 0 aliphatic carbocycles. The fraction of sp³-hybridized carbons (Fsp3) is 0.591. The zero-order valence-electron chi connectivity index (χ0n) is 39.6. The lowest BCUT2D eigenvalue weighted by molar-refractivity contribution is -0.147. The molecular weight excluding hydrogens is 957 g/mol. The van der Waals surface area contributed by atoms with Crippen LogP contribution in [0.15, 0.2) is 23.2 Å². The van der Waals surface area contributed by atoms with E-state index in [1.54, 1.807) is 13.8 Å². The number of nitrogens with two attached hydrogens (primary N) is 1. The average Bonchev–Trinajstić information content (AvgIpc) is 3.84. The molecule has 0 radical (unpaired) electrons. The smallest absolute Gasteiger partial charge is 0.305 e.